The fourth-order valence-corrected chi connectivity index (χ4v) is 3.55. The molecule has 3 nitrogen and oxygen atoms in total. The maximum absolute atomic E-state index is 5.81. The molecule has 2 aromatic carbocycles. The molecule has 23 heavy (non-hydrogen) atoms. The smallest absolute Gasteiger partial charge is 0.140 e. The van der Waals surface area contributed by atoms with Gasteiger partial charge in [-0.25, -0.2) is 4.98 Å². The van der Waals surface area contributed by atoms with E-state index in [1.54, 1.807) is 11.3 Å². The maximum Gasteiger partial charge on any atom is 0.140 e. The monoisotopic (exact) mass is 320 g/mol. The van der Waals surface area contributed by atoms with Gasteiger partial charge in [0.15, 0.2) is 0 Å². The number of H-pyrrole nitrogens is 1. The largest absolute Gasteiger partial charge is 0.486 e. The van der Waals surface area contributed by atoms with Crippen LogP contribution in [-0.2, 0) is 6.61 Å². The predicted molar refractivity (Wildman–Crippen MR) is 94.9 cm³/mol. The number of nitrogens with one attached hydrogen (secondary N) is 1. The molecule has 0 aliphatic rings. The fourth-order valence-electron chi connectivity index (χ4n) is 2.69. The van der Waals surface area contributed by atoms with Gasteiger partial charge in [0.05, 0.1) is 5.69 Å². The second kappa shape index (κ2) is 5.89. The van der Waals surface area contributed by atoms with E-state index in [4.69, 9.17) is 9.72 Å². The number of hydrogen-bond donors (Lipinski definition) is 1. The second-order valence-corrected chi connectivity index (χ2v) is 6.65. The Labute approximate surface area is 138 Å². The summed E-state index contributed by atoms with van der Waals surface area (Å²) in [5.74, 6) is 0.869. The highest BCUT2D eigenvalue weighted by molar-refractivity contribution is 7.12. The van der Waals surface area contributed by atoms with Crippen molar-refractivity contribution in [3.63, 3.8) is 0 Å². The van der Waals surface area contributed by atoms with Crippen molar-refractivity contribution in [2.75, 3.05) is 0 Å². The van der Waals surface area contributed by atoms with Crippen molar-refractivity contribution in [3.8, 4) is 17.0 Å². The first-order chi connectivity index (χ1) is 11.3. The summed E-state index contributed by atoms with van der Waals surface area (Å²) in [4.78, 5) is 9.31. The quantitative estimate of drug-likeness (QED) is 0.562. The third kappa shape index (κ3) is 2.73. The Hall–Kier alpha value is -2.59. The van der Waals surface area contributed by atoms with Crippen LogP contribution in [0.15, 0.2) is 60.8 Å². The summed E-state index contributed by atoms with van der Waals surface area (Å²) in [6.07, 6.45) is 2.04. The van der Waals surface area contributed by atoms with Gasteiger partial charge in [0, 0.05) is 27.5 Å². The zero-order valence-corrected chi connectivity index (χ0v) is 13.6. The first-order valence-electron chi connectivity index (χ1n) is 7.52. The van der Waals surface area contributed by atoms with Gasteiger partial charge in [0.25, 0.3) is 0 Å². The van der Waals surface area contributed by atoms with Crippen LogP contribution in [-0.4, -0.2) is 9.97 Å². The van der Waals surface area contributed by atoms with Gasteiger partial charge < -0.3 is 9.72 Å². The van der Waals surface area contributed by atoms with E-state index < -0.39 is 0 Å². The van der Waals surface area contributed by atoms with Crippen molar-refractivity contribution >= 4 is 22.2 Å². The lowest BCUT2D eigenvalue weighted by molar-refractivity contribution is 0.305. The van der Waals surface area contributed by atoms with Crippen molar-refractivity contribution in [1.82, 2.24) is 9.97 Å². The van der Waals surface area contributed by atoms with Gasteiger partial charge in [-0.1, -0.05) is 36.4 Å². The van der Waals surface area contributed by atoms with Gasteiger partial charge >= 0.3 is 0 Å². The first-order valence-corrected chi connectivity index (χ1v) is 8.33. The number of aromatic nitrogens is 2. The standard InChI is InChI=1S/C19H16N2OS/c1-13-19(16-11-20-17-10-6-5-9-15(16)17)21-18(23-13)12-22-14-7-3-2-4-8-14/h2-11,20H,12H2,1H3. The van der Waals surface area contributed by atoms with Crippen LogP contribution in [0, 0.1) is 6.92 Å². The molecule has 0 fully saturated rings. The van der Waals surface area contributed by atoms with Gasteiger partial charge in [-0.2, -0.15) is 0 Å². The second-order valence-electron chi connectivity index (χ2n) is 5.36. The highest BCUT2D eigenvalue weighted by Gasteiger charge is 2.14. The van der Waals surface area contributed by atoms with Crippen LogP contribution in [0.4, 0.5) is 0 Å². The number of nitrogens with zero attached hydrogens (tertiary/aromatic N) is 1. The molecule has 2 aromatic heterocycles. The minimum atomic E-state index is 0.498. The molecule has 0 bridgehead atoms. The van der Waals surface area contributed by atoms with Crippen LogP contribution < -0.4 is 4.74 Å². The molecule has 0 aliphatic heterocycles. The molecule has 114 valence electrons. The van der Waals surface area contributed by atoms with Crippen molar-refractivity contribution in [2.45, 2.75) is 13.5 Å². The molecule has 0 radical (unpaired) electrons. The number of thiazole rings is 1. The van der Waals surface area contributed by atoms with Crippen LogP contribution in [0.1, 0.15) is 9.88 Å². The zero-order valence-electron chi connectivity index (χ0n) is 12.7. The lowest BCUT2D eigenvalue weighted by atomic mass is 10.1. The lowest BCUT2D eigenvalue weighted by Crippen LogP contribution is -1.94. The van der Waals surface area contributed by atoms with E-state index in [2.05, 4.69) is 30.1 Å². The Morgan fingerprint density at radius 2 is 1.83 bits per heavy atom. The van der Waals surface area contributed by atoms with E-state index in [0.717, 1.165) is 27.5 Å². The molecule has 1 N–H and O–H groups in total. The minimum absolute atomic E-state index is 0.498. The van der Waals surface area contributed by atoms with E-state index in [0.29, 0.717) is 6.61 Å². The number of hydrogen-bond acceptors (Lipinski definition) is 3. The molecule has 0 saturated carbocycles. The number of aryl methyl sites for hydroxylation is 1. The van der Waals surface area contributed by atoms with E-state index in [9.17, 15) is 0 Å². The number of ether oxygens (including phenoxy) is 1. The highest BCUT2D eigenvalue weighted by Crippen LogP contribution is 2.33. The summed E-state index contributed by atoms with van der Waals surface area (Å²) in [5.41, 5.74) is 3.33. The average molecular weight is 320 g/mol. The van der Waals surface area contributed by atoms with Crippen LogP contribution in [0.2, 0.25) is 0 Å². The predicted octanol–water partition coefficient (Wildman–Crippen LogP) is 5.18. The molecule has 2 heterocycles. The van der Waals surface area contributed by atoms with Gasteiger partial charge in [0.2, 0.25) is 0 Å². The van der Waals surface area contributed by atoms with E-state index in [-0.39, 0.29) is 0 Å². The summed E-state index contributed by atoms with van der Waals surface area (Å²) in [6.45, 7) is 2.61. The summed E-state index contributed by atoms with van der Waals surface area (Å²) in [6, 6.07) is 18.1. The fraction of sp³-hybridized carbons (Fsp3) is 0.105. The summed E-state index contributed by atoms with van der Waals surface area (Å²) in [5, 5.41) is 2.20. The van der Waals surface area contributed by atoms with Gasteiger partial charge in [-0.15, -0.1) is 11.3 Å². The number of fused-ring (bicyclic) bond motifs is 1. The topological polar surface area (TPSA) is 37.9 Å². The van der Waals surface area contributed by atoms with Crippen molar-refractivity contribution in [2.24, 2.45) is 0 Å². The summed E-state index contributed by atoms with van der Waals surface area (Å²) in [7, 11) is 0. The Balaban J connectivity index is 1.62. The lowest BCUT2D eigenvalue weighted by Gasteiger charge is -2.02. The molecule has 0 unspecified atom stereocenters. The molecular weight excluding hydrogens is 304 g/mol. The first kappa shape index (κ1) is 14.0. The molecule has 4 rings (SSSR count). The molecule has 0 atom stereocenters. The van der Waals surface area contributed by atoms with Gasteiger partial charge in [0.1, 0.15) is 17.4 Å². The van der Waals surface area contributed by atoms with Crippen LogP contribution >= 0.6 is 11.3 Å². The number of aromatic amines is 1. The number of benzene rings is 2. The number of rotatable bonds is 4. The normalized spacial score (nSPS) is 11.0. The Bertz CT molecular complexity index is 940. The average Bonchev–Trinajstić information content (AvgIpc) is 3.17. The van der Waals surface area contributed by atoms with Crippen molar-refractivity contribution in [3.05, 3.63) is 70.7 Å². The van der Waals surface area contributed by atoms with Gasteiger partial charge in [-0.05, 0) is 25.1 Å². The Morgan fingerprint density at radius 1 is 1.04 bits per heavy atom. The summed E-state index contributed by atoms with van der Waals surface area (Å²) < 4.78 is 5.81. The third-order valence-corrected chi connectivity index (χ3v) is 4.74. The highest BCUT2D eigenvalue weighted by atomic mass is 32.1. The minimum Gasteiger partial charge on any atom is -0.486 e. The molecule has 0 saturated heterocycles. The SMILES string of the molecule is Cc1sc(COc2ccccc2)nc1-c1c[nH]c2ccccc12. The Morgan fingerprint density at radius 3 is 2.70 bits per heavy atom. The van der Waals surface area contributed by atoms with Crippen molar-refractivity contribution in [1.29, 1.82) is 0 Å². The van der Waals surface area contributed by atoms with Crippen LogP contribution in [0.5, 0.6) is 5.75 Å². The van der Waals surface area contributed by atoms with E-state index in [1.165, 1.54) is 10.3 Å². The third-order valence-electron chi connectivity index (χ3n) is 3.79. The van der Waals surface area contributed by atoms with Crippen molar-refractivity contribution < 1.29 is 4.74 Å². The molecular formula is C19H16N2OS. The molecule has 4 heteroatoms. The molecule has 4 aromatic rings. The van der Waals surface area contributed by atoms with Crippen LogP contribution in [0.25, 0.3) is 22.2 Å². The maximum atomic E-state index is 5.81. The van der Waals surface area contributed by atoms with Crippen LogP contribution in [0.3, 0.4) is 0 Å². The molecule has 0 spiro atoms. The molecule has 0 amide bonds. The Kier molecular flexibility index (Phi) is 3.60. The van der Waals surface area contributed by atoms with E-state index in [1.807, 2.05) is 42.6 Å². The number of para-hydroxylation sites is 2. The zero-order chi connectivity index (χ0) is 15.6. The molecule has 0 aliphatic carbocycles. The van der Waals surface area contributed by atoms with E-state index >= 15 is 0 Å². The summed E-state index contributed by atoms with van der Waals surface area (Å²) >= 11 is 1.69. The van der Waals surface area contributed by atoms with Gasteiger partial charge in [-0.3, -0.25) is 0 Å².